The zero-order chi connectivity index (χ0) is 18.6. The topological polar surface area (TPSA) is 52.6 Å². The first kappa shape index (κ1) is 20.8. The summed E-state index contributed by atoms with van der Waals surface area (Å²) in [4.78, 5) is 13.4. The van der Waals surface area contributed by atoms with E-state index in [0.29, 0.717) is 17.5 Å². The van der Waals surface area contributed by atoms with Crippen molar-refractivity contribution >= 4 is 18.4 Å². The number of likely N-dealkylation sites (tertiary alicyclic amines) is 1. The van der Waals surface area contributed by atoms with Gasteiger partial charge in [0.2, 0.25) is 0 Å². The number of nitrogens with one attached hydrogen (secondary N) is 1. The Morgan fingerprint density at radius 2 is 1.71 bits per heavy atom. The van der Waals surface area contributed by atoms with Crippen molar-refractivity contribution in [1.29, 1.82) is 0 Å². The SMILES string of the molecule is Cl.O=C(O)c1ccc(CN2CCC(CN[C@@H]3C[C@H]3c3ccccc3)CC2)cc1. The number of aromatic carboxylic acids is 1. The Bertz CT molecular complexity index is 758. The number of hydrogen-bond acceptors (Lipinski definition) is 3. The minimum absolute atomic E-state index is 0. The maximum atomic E-state index is 10.9. The first-order valence-corrected chi connectivity index (χ1v) is 10.0. The van der Waals surface area contributed by atoms with Crippen LogP contribution in [0.2, 0.25) is 0 Å². The van der Waals surface area contributed by atoms with Crippen LogP contribution in [-0.2, 0) is 6.54 Å². The van der Waals surface area contributed by atoms with Gasteiger partial charge in [-0.3, -0.25) is 4.90 Å². The number of rotatable bonds is 7. The fraction of sp³-hybridized carbons (Fsp3) is 0.435. The monoisotopic (exact) mass is 400 g/mol. The van der Waals surface area contributed by atoms with Gasteiger partial charge >= 0.3 is 5.97 Å². The Hall–Kier alpha value is -1.88. The second-order valence-electron chi connectivity index (χ2n) is 7.99. The average Bonchev–Trinajstić information content (AvgIpc) is 3.48. The lowest BCUT2D eigenvalue weighted by molar-refractivity contribution is 0.0697. The number of nitrogens with zero attached hydrogens (tertiary/aromatic N) is 1. The highest BCUT2D eigenvalue weighted by Crippen LogP contribution is 2.40. The van der Waals surface area contributed by atoms with Crippen LogP contribution < -0.4 is 5.32 Å². The third-order valence-electron chi connectivity index (χ3n) is 6.00. The summed E-state index contributed by atoms with van der Waals surface area (Å²) in [6.45, 7) is 4.30. The third-order valence-corrected chi connectivity index (χ3v) is 6.00. The van der Waals surface area contributed by atoms with Gasteiger partial charge in [-0.2, -0.15) is 0 Å². The Balaban J connectivity index is 0.00000225. The van der Waals surface area contributed by atoms with E-state index in [0.717, 1.165) is 32.1 Å². The normalized spacial score (nSPS) is 22.4. The van der Waals surface area contributed by atoms with Gasteiger partial charge in [0.1, 0.15) is 0 Å². The second-order valence-corrected chi connectivity index (χ2v) is 7.99. The van der Waals surface area contributed by atoms with Crippen molar-refractivity contribution in [2.75, 3.05) is 19.6 Å². The maximum Gasteiger partial charge on any atom is 0.335 e. The summed E-state index contributed by atoms with van der Waals surface area (Å²) in [6.07, 6.45) is 3.75. The highest BCUT2D eigenvalue weighted by molar-refractivity contribution is 5.87. The molecule has 2 aliphatic rings. The number of carbonyl (C=O) groups is 1. The number of hydrogen-bond donors (Lipinski definition) is 2. The molecule has 0 spiro atoms. The van der Waals surface area contributed by atoms with Crippen LogP contribution in [0.3, 0.4) is 0 Å². The van der Waals surface area contributed by atoms with E-state index in [1.807, 2.05) is 12.1 Å². The molecule has 1 saturated carbocycles. The van der Waals surface area contributed by atoms with Gasteiger partial charge < -0.3 is 10.4 Å². The quantitative estimate of drug-likeness (QED) is 0.732. The van der Waals surface area contributed by atoms with Crippen LogP contribution in [0.25, 0.3) is 0 Å². The molecule has 2 aromatic rings. The summed E-state index contributed by atoms with van der Waals surface area (Å²) in [6, 6.07) is 18.8. The zero-order valence-electron chi connectivity index (χ0n) is 16.1. The van der Waals surface area contributed by atoms with E-state index >= 15 is 0 Å². The minimum Gasteiger partial charge on any atom is -0.478 e. The van der Waals surface area contributed by atoms with Gasteiger partial charge in [0, 0.05) is 18.5 Å². The first-order chi connectivity index (χ1) is 13.2. The van der Waals surface area contributed by atoms with E-state index in [1.54, 1.807) is 12.1 Å². The molecule has 0 radical (unpaired) electrons. The molecule has 28 heavy (non-hydrogen) atoms. The molecule has 150 valence electrons. The van der Waals surface area contributed by atoms with Crippen LogP contribution in [0.4, 0.5) is 0 Å². The summed E-state index contributed by atoms with van der Waals surface area (Å²) in [5.74, 6) is 0.618. The molecule has 2 fully saturated rings. The predicted molar refractivity (Wildman–Crippen MR) is 114 cm³/mol. The lowest BCUT2D eigenvalue weighted by Gasteiger charge is -2.32. The molecule has 0 unspecified atom stereocenters. The minimum atomic E-state index is -0.861. The van der Waals surface area contributed by atoms with E-state index in [1.165, 1.54) is 30.4 Å². The standard InChI is InChI=1S/C23H28N2O2.ClH/c26-23(27)20-8-6-18(7-9-20)16-25-12-10-17(11-13-25)15-24-22-14-21(22)19-4-2-1-3-5-19;/h1-9,17,21-22,24H,10-16H2,(H,26,27);1H/t21-,22+;/m0./s1. The number of halogens is 1. The van der Waals surface area contributed by atoms with E-state index in [2.05, 4.69) is 40.5 Å². The van der Waals surface area contributed by atoms with Gasteiger partial charge in [-0.05, 0) is 68.1 Å². The molecule has 5 heteroatoms. The van der Waals surface area contributed by atoms with Gasteiger partial charge in [-0.15, -0.1) is 12.4 Å². The van der Waals surface area contributed by atoms with Crippen LogP contribution in [0.1, 0.15) is 46.7 Å². The zero-order valence-corrected chi connectivity index (χ0v) is 16.9. The second kappa shape index (κ2) is 9.55. The molecule has 0 bridgehead atoms. The van der Waals surface area contributed by atoms with Crippen molar-refractivity contribution in [1.82, 2.24) is 10.2 Å². The summed E-state index contributed by atoms with van der Waals surface area (Å²) in [5.41, 5.74) is 3.02. The number of carboxylic acid groups (broad SMARTS) is 1. The predicted octanol–water partition coefficient (Wildman–Crippen LogP) is 4.16. The van der Waals surface area contributed by atoms with Gasteiger partial charge in [-0.25, -0.2) is 4.79 Å². The molecule has 2 atom stereocenters. The fourth-order valence-electron chi connectivity index (χ4n) is 4.17. The molecule has 1 heterocycles. The number of benzene rings is 2. The van der Waals surface area contributed by atoms with Crippen LogP contribution in [0, 0.1) is 5.92 Å². The Kier molecular flexibility index (Phi) is 7.11. The van der Waals surface area contributed by atoms with Crippen molar-refractivity contribution in [2.24, 2.45) is 5.92 Å². The Morgan fingerprint density at radius 1 is 1.04 bits per heavy atom. The summed E-state index contributed by atoms with van der Waals surface area (Å²) >= 11 is 0. The lowest BCUT2D eigenvalue weighted by Crippen LogP contribution is -2.37. The highest BCUT2D eigenvalue weighted by atomic mass is 35.5. The smallest absolute Gasteiger partial charge is 0.335 e. The molecular formula is C23H29ClN2O2. The van der Waals surface area contributed by atoms with Gasteiger partial charge in [0.05, 0.1) is 5.56 Å². The third kappa shape index (κ3) is 5.34. The van der Waals surface area contributed by atoms with Crippen LogP contribution >= 0.6 is 12.4 Å². The molecule has 2 N–H and O–H groups in total. The molecule has 2 aromatic carbocycles. The van der Waals surface area contributed by atoms with E-state index < -0.39 is 5.97 Å². The van der Waals surface area contributed by atoms with Crippen molar-refractivity contribution in [3.8, 4) is 0 Å². The summed E-state index contributed by atoms with van der Waals surface area (Å²) in [7, 11) is 0. The Labute approximate surface area is 173 Å². The lowest BCUT2D eigenvalue weighted by atomic mass is 9.96. The highest BCUT2D eigenvalue weighted by Gasteiger charge is 2.38. The van der Waals surface area contributed by atoms with Gasteiger partial charge in [-0.1, -0.05) is 42.5 Å². The van der Waals surface area contributed by atoms with Crippen molar-refractivity contribution in [2.45, 2.75) is 37.8 Å². The van der Waals surface area contributed by atoms with Crippen molar-refractivity contribution in [3.05, 3.63) is 71.3 Å². The molecule has 1 saturated heterocycles. The van der Waals surface area contributed by atoms with Crippen LogP contribution in [0.15, 0.2) is 54.6 Å². The molecule has 1 aliphatic heterocycles. The molecular weight excluding hydrogens is 372 g/mol. The summed E-state index contributed by atoms with van der Waals surface area (Å²) in [5, 5.41) is 12.8. The van der Waals surface area contributed by atoms with E-state index in [-0.39, 0.29) is 12.4 Å². The molecule has 0 amide bonds. The van der Waals surface area contributed by atoms with Crippen LogP contribution in [0.5, 0.6) is 0 Å². The molecule has 4 nitrogen and oxygen atoms in total. The fourth-order valence-corrected chi connectivity index (χ4v) is 4.17. The number of carboxylic acids is 1. The maximum absolute atomic E-state index is 10.9. The van der Waals surface area contributed by atoms with E-state index in [9.17, 15) is 4.79 Å². The van der Waals surface area contributed by atoms with Crippen molar-refractivity contribution in [3.63, 3.8) is 0 Å². The van der Waals surface area contributed by atoms with Crippen molar-refractivity contribution < 1.29 is 9.90 Å². The van der Waals surface area contributed by atoms with Gasteiger partial charge in [0.15, 0.2) is 0 Å². The molecule has 4 rings (SSSR count). The molecule has 1 aliphatic carbocycles. The number of piperidine rings is 1. The van der Waals surface area contributed by atoms with E-state index in [4.69, 9.17) is 5.11 Å². The molecule has 0 aromatic heterocycles. The van der Waals surface area contributed by atoms with Gasteiger partial charge in [0.25, 0.3) is 0 Å². The largest absolute Gasteiger partial charge is 0.478 e. The van der Waals surface area contributed by atoms with Crippen LogP contribution in [-0.4, -0.2) is 41.7 Å². The Morgan fingerprint density at radius 3 is 2.36 bits per heavy atom. The first-order valence-electron chi connectivity index (χ1n) is 10.0. The average molecular weight is 401 g/mol. The summed E-state index contributed by atoms with van der Waals surface area (Å²) < 4.78 is 0.